The number of anilines is 1. The number of hydrogen-bond donors (Lipinski definition) is 3. The zero-order valence-electron chi connectivity index (χ0n) is 14.2. The van der Waals surface area contributed by atoms with Gasteiger partial charge in [0.2, 0.25) is 11.9 Å². The van der Waals surface area contributed by atoms with E-state index in [0.29, 0.717) is 12.8 Å². The number of alkyl halides is 3. The number of guanidine groups is 2. The Kier molecular flexibility index (Phi) is 4.62. The summed E-state index contributed by atoms with van der Waals surface area (Å²) in [6.07, 6.45) is -1.21. The van der Waals surface area contributed by atoms with Gasteiger partial charge in [0.1, 0.15) is 11.4 Å². The Bertz CT molecular complexity index is 816. The first-order valence-corrected chi connectivity index (χ1v) is 8.24. The number of rotatable bonds is 3. The number of carboxylic acid groups (broad SMARTS) is 1. The predicted octanol–water partition coefficient (Wildman–Crippen LogP) is 2.39. The Balaban J connectivity index is 2.10. The number of carboxylic acids is 1. The van der Waals surface area contributed by atoms with Crippen LogP contribution in [-0.4, -0.2) is 35.0 Å². The highest BCUT2D eigenvalue weighted by Crippen LogP contribution is 2.41. The first-order valence-electron chi connectivity index (χ1n) is 8.24. The lowest BCUT2D eigenvalue weighted by Gasteiger charge is -2.46. The Labute approximate surface area is 152 Å². The van der Waals surface area contributed by atoms with Crippen molar-refractivity contribution in [3.8, 4) is 5.75 Å². The van der Waals surface area contributed by atoms with Crippen molar-refractivity contribution in [2.75, 3.05) is 4.90 Å². The average Bonchev–Trinajstić information content (AvgIpc) is 2.54. The molecule has 8 nitrogen and oxygen atoms in total. The van der Waals surface area contributed by atoms with E-state index in [1.807, 2.05) is 0 Å². The lowest BCUT2D eigenvalue weighted by molar-refractivity contribution is -0.274. The molecular formula is C16H18F3N5O3. The van der Waals surface area contributed by atoms with Crippen molar-refractivity contribution in [1.29, 1.82) is 0 Å². The maximum absolute atomic E-state index is 12.5. The van der Waals surface area contributed by atoms with E-state index in [2.05, 4.69) is 14.7 Å². The summed E-state index contributed by atoms with van der Waals surface area (Å²) in [5, 5.41) is 9.54. The van der Waals surface area contributed by atoms with Crippen molar-refractivity contribution in [3.63, 3.8) is 0 Å². The topological polar surface area (TPSA) is 127 Å². The van der Waals surface area contributed by atoms with E-state index in [1.165, 1.54) is 11.0 Å². The zero-order chi connectivity index (χ0) is 19.8. The number of ether oxygens (including phenoxy) is 1. The van der Waals surface area contributed by atoms with Crippen molar-refractivity contribution in [3.05, 3.63) is 23.8 Å². The van der Waals surface area contributed by atoms with Crippen molar-refractivity contribution in [2.45, 2.75) is 44.1 Å². The van der Waals surface area contributed by atoms with Gasteiger partial charge in [-0.15, -0.1) is 13.2 Å². The average molecular weight is 385 g/mol. The number of aromatic carboxylic acids is 1. The third-order valence-corrected chi connectivity index (χ3v) is 4.52. The van der Waals surface area contributed by atoms with Gasteiger partial charge < -0.3 is 21.3 Å². The van der Waals surface area contributed by atoms with Gasteiger partial charge in [-0.25, -0.2) is 9.79 Å². The number of aliphatic imine (C=N–C) groups is 2. The Morgan fingerprint density at radius 1 is 1.22 bits per heavy atom. The third kappa shape index (κ3) is 3.76. The highest BCUT2D eigenvalue weighted by molar-refractivity contribution is 6.09. The Morgan fingerprint density at radius 2 is 1.89 bits per heavy atom. The summed E-state index contributed by atoms with van der Waals surface area (Å²) in [6.45, 7) is 0. The van der Waals surface area contributed by atoms with Gasteiger partial charge in [0, 0.05) is 0 Å². The largest absolute Gasteiger partial charge is 0.573 e. The van der Waals surface area contributed by atoms with Crippen LogP contribution in [-0.2, 0) is 0 Å². The molecule has 1 aromatic rings. The molecular weight excluding hydrogens is 367 g/mol. The quantitative estimate of drug-likeness (QED) is 0.733. The van der Waals surface area contributed by atoms with Gasteiger partial charge in [-0.3, -0.25) is 4.90 Å². The fourth-order valence-corrected chi connectivity index (χ4v) is 3.55. The molecule has 5 N–H and O–H groups in total. The number of benzene rings is 1. The number of nitrogens with zero attached hydrogens (tertiary/aromatic N) is 3. The van der Waals surface area contributed by atoms with Gasteiger partial charge in [-0.05, 0) is 43.9 Å². The van der Waals surface area contributed by atoms with Crippen LogP contribution in [0.15, 0.2) is 28.2 Å². The second-order valence-electron chi connectivity index (χ2n) is 6.35. The molecule has 3 rings (SSSR count). The number of nitrogens with two attached hydrogens (primary N) is 2. The van der Waals surface area contributed by atoms with Crippen LogP contribution in [0.1, 0.15) is 42.5 Å². The van der Waals surface area contributed by atoms with E-state index in [9.17, 15) is 23.1 Å². The van der Waals surface area contributed by atoms with E-state index in [-0.39, 0.29) is 17.6 Å². The van der Waals surface area contributed by atoms with Gasteiger partial charge >= 0.3 is 12.3 Å². The predicted molar refractivity (Wildman–Crippen MR) is 91.6 cm³/mol. The molecule has 0 aromatic heterocycles. The van der Waals surface area contributed by atoms with Gasteiger partial charge in [-0.1, -0.05) is 6.42 Å². The minimum Gasteiger partial charge on any atom is -0.478 e. The highest BCUT2D eigenvalue weighted by Gasteiger charge is 2.44. The van der Waals surface area contributed by atoms with Crippen LogP contribution in [0.5, 0.6) is 5.75 Å². The van der Waals surface area contributed by atoms with Crippen LogP contribution in [0, 0.1) is 0 Å². The zero-order valence-corrected chi connectivity index (χ0v) is 14.2. The first-order chi connectivity index (χ1) is 12.6. The molecule has 1 aliphatic heterocycles. The lowest BCUT2D eigenvalue weighted by Crippen LogP contribution is -2.58. The molecule has 0 amide bonds. The molecule has 0 radical (unpaired) electrons. The smallest absolute Gasteiger partial charge is 0.478 e. The van der Waals surface area contributed by atoms with E-state index in [0.717, 1.165) is 31.4 Å². The van der Waals surface area contributed by atoms with Gasteiger partial charge in [0.05, 0.1) is 11.3 Å². The van der Waals surface area contributed by atoms with Gasteiger partial charge in [-0.2, -0.15) is 4.99 Å². The van der Waals surface area contributed by atoms with Crippen LogP contribution in [0.4, 0.5) is 18.9 Å². The maximum atomic E-state index is 12.5. The monoisotopic (exact) mass is 385 g/mol. The molecule has 146 valence electrons. The summed E-state index contributed by atoms with van der Waals surface area (Å²) in [5.41, 5.74) is 10.5. The minimum absolute atomic E-state index is 0.0143. The van der Waals surface area contributed by atoms with E-state index >= 15 is 0 Å². The van der Waals surface area contributed by atoms with Crippen molar-refractivity contribution < 1.29 is 27.8 Å². The first kappa shape index (κ1) is 18.8. The summed E-state index contributed by atoms with van der Waals surface area (Å²) in [4.78, 5) is 21.5. The standard InChI is InChI=1S/C16H18F3N5O3/c17-16(18,19)27-9-4-5-11(10(8-9)12(25)26)24-14(21)22-13(20)23-15(24)6-2-1-3-7-15/h4-5,8H,1-3,6-7H2,(H,25,26)(H4,20,21,22,23). The molecule has 0 unspecified atom stereocenters. The molecule has 0 bridgehead atoms. The molecule has 1 spiro atoms. The summed E-state index contributed by atoms with van der Waals surface area (Å²) < 4.78 is 41.2. The molecule has 11 heteroatoms. The summed E-state index contributed by atoms with van der Waals surface area (Å²) in [7, 11) is 0. The molecule has 1 aliphatic carbocycles. The van der Waals surface area contributed by atoms with Crippen LogP contribution in [0.2, 0.25) is 0 Å². The number of hydrogen-bond acceptors (Lipinski definition) is 7. The van der Waals surface area contributed by atoms with E-state index in [1.54, 1.807) is 0 Å². The summed E-state index contributed by atoms with van der Waals surface area (Å²) >= 11 is 0. The molecule has 1 aromatic carbocycles. The van der Waals surface area contributed by atoms with Gasteiger partial charge in [0.15, 0.2) is 0 Å². The lowest BCUT2D eigenvalue weighted by atomic mass is 9.87. The van der Waals surface area contributed by atoms with Crippen LogP contribution in [0.3, 0.4) is 0 Å². The molecule has 0 saturated heterocycles. The summed E-state index contributed by atoms with van der Waals surface area (Å²) in [5.74, 6) is -2.15. The number of carbonyl (C=O) groups is 1. The van der Waals surface area contributed by atoms with Crippen LogP contribution < -0.4 is 21.1 Å². The van der Waals surface area contributed by atoms with Gasteiger partial charge in [0.25, 0.3) is 0 Å². The molecule has 27 heavy (non-hydrogen) atoms. The van der Waals surface area contributed by atoms with Crippen molar-refractivity contribution >= 4 is 23.6 Å². The van der Waals surface area contributed by atoms with Crippen LogP contribution in [0.25, 0.3) is 0 Å². The van der Waals surface area contributed by atoms with Crippen molar-refractivity contribution in [1.82, 2.24) is 0 Å². The second-order valence-corrected chi connectivity index (χ2v) is 6.35. The second kappa shape index (κ2) is 6.63. The number of halogens is 3. The fourth-order valence-electron chi connectivity index (χ4n) is 3.55. The Hall–Kier alpha value is -2.98. The fraction of sp³-hybridized carbons (Fsp3) is 0.438. The minimum atomic E-state index is -4.94. The molecule has 1 heterocycles. The van der Waals surface area contributed by atoms with Crippen LogP contribution >= 0.6 is 0 Å². The molecule has 1 saturated carbocycles. The Morgan fingerprint density at radius 3 is 2.48 bits per heavy atom. The molecule has 2 aliphatic rings. The van der Waals surface area contributed by atoms with E-state index in [4.69, 9.17) is 11.5 Å². The molecule has 1 fully saturated rings. The SMILES string of the molecule is NC1=NC2(CCCCC2)N(c2ccc(OC(F)(F)F)cc2C(=O)O)C(N)=N1. The van der Waals surface area contributed by atoms with Crippen molar-refractivity contribution in [2.24, 2.45) is 21.5 Å². The highest BCUT2D eigenvalue weighted by atomic mass is 19.4. The maximum Gasteiger partial charge on any atom is 0.573 e. The summed E-state index contributed by atoms with van der Waals surface area (Å²) in [6, 6.07) is 3.04. The molecule has 0 atom stereocenters. The third-order valence-electron chi connectivity index (χ3n) is 4.52. The normalized spacial score (nSPS) is 19.4. The van der Waals surface area contributed by atoms with E-state index < -0.39 is 29.3 Å².